The Hall–Kier alpha value is -3.18. The first-order chi connectivity index (χ1) is 16.9. The summed E-state index contributed by atoms with van der Waals surface area (Å²) in [5.41, 5.74) is 9.34. The molecule has 180 valence electrons. The van der Waals surface area contributed by atoms with E-state index in [2.05, 4.69) is 123 Å². The summed E-state index contributed by atoms with van der Waals surface area (Å²) in [6.45, 7) is 8.18. The van der Waals surface area contributed by atoms with Crippen LogP contribution in [0, 0.1) is 0 Å². The summed E-state index contributed by atoms with van der Waals surface area (Å²) in [6, 6.07) is 40.2. The Morgan fingerprint density at radius 3 is 1.71 bits per heavy atom. The Morgan fingerprint density at radius 1 is 0.714 bits per heavy atom. The van der Waals surface area contributed by atoms with Gasteiger partial charge >= 0.3 is 0 Å². The third kappa shape index (κ3) is 5.56. The van der Waals surface area contributed by atoms with Gasteiger partial charge in [-0.3, -0.25) is 0 Å². The van der Waals surface area contributed by atoms with Crippen molar-refractivity contribution in [3.05, 3.63) is 126 Å². The molecule has 0 aliphatic rings. The van der Waals surface area contributed by atoms with Crippen LogP contribution in [0.2, 0.25) is 5.04 Å². The number of nitrogens with one attached hydrogen (secondary N) is 1. The van der Waals surface area contributed by atoms with E-state index in [4.69, 9.17) is 10.2 Å². The maximum atomic E-state index is 7.25. The van der Waals surface area contributed by atoms with Gasteiger partial charge in [-0.15, -0.1) is 0 Å². The largest absolute Gasteiger partial charge is 0.405 e. The van der Waals surface area contributed by atoms with Crippen LogP contribution in [-0.4, -0.2) is 14.9 Å². The number of benzene rings is 4. The van der Waals surface area contributed by atoms with Crippen LogP contribution in [0.25, 0.3) is 0 Å². The van der Waals surface area contributed by atoms with Crippen LogP contribution >= 0.6 is 0 Å². The predicted molar refractivity (Wildman–Crippen MR) is 150 cm³/mol. The standard InChI is InChI=1S/C31H36N2OSi/c1-31(2,3)35(27-18-9-5-10-19-27,28-20-11-6-12-21-28)34-24-30(25-15-7-4-8-16-25)33-23-26-17-13-14-22-29(26)32/h4-22,30,33H,23-24,32H2,1-3H3/t30-/m0/s1. The molecule has 4 aromatic rings. The quantitative estimate of drug-likeness (QED) is 0.239. The molecule has 0 aliphatic carbocycles. The maximum Gasteiger partial charge on any atom is 0.261 e. The number of anilines is 1. The van der Waals surface area contributed by atoms with Crippen LogP contribution in [-0.2, 0) is 11.0 Å². The molecule has 0 aliphatic heterocycles. The van der Waals surface area contributed by atoms with Gasteiger partial charge in [-0.1, -0.05) is 130 Å². The van der Waals surface area contributed by atoms with Crippen molar-refractivity contribution in [3.8, 4) is 0 Å². The second kappa shape index (κ2) is 11.0. The van der Waals surface area contributed by atoms with Gasteiger partial charge in [-0.05, 0) is 32.6 Å². The van der Waals surface area contributed by atoms with Gasteiger partial charge in [0.1, 0.15) is 0 Å². The first kappa shape index (κ1) is 24.9. The van der Waals surface area contributed by atoms with E-state index < -0.39 is 8.32 Å². The summed E-state index contributed by atoms with van der Waals surface area (Å²) in [7, 11) is -2.63. The molecular formula is C31H36N2OSi. The number of hydrogen-bond donors (Lipinski definition) is 2. The summed E-state index contributed by atoms with van der Waals surface area (Å²) in [4.78, 5) is 0. The Kier molecular flexibility index (Phi) is 7.86. The average Bonchev–Trinajstić information content (AvgIpc) is 2.88. The fourth-order valence-electron chi connectivity index (χ4n) is 4.86. The SMILES string of the molecule is CC(C)(C)[Si](OC[C@H](NCc1ccccc1N)c1ccccc1)(c1ccccc1)c1ccccc1. The van der Waals surface area contributed by atoms with E-state index in [1.165, 1.54) is 15.9 Å². The summed E-state index contributed by atoms with van der Waals surface area (Å²) in [6.07, 6.45) is 0. The molecule has 0 amide bonds. The number of hydrogen-bond acceptors (Lipinski definition) is 3. The maximum absolute atomic E-state index is 7.25. The van der Waals surface area contributed by atoms with Gasteiger partial charge in [0.25, 0.3) is 8.32 Å². The van der Waals surface area contributed by atoms with Crippen LogP contribution in [0.15, 0.2) is 115 Å². The first-order valence-corrected chi connectivity index (χ1v) is 14.2. The van der Waals surface area contributed by atoms with Gasteiger partial charge in [0.05, 0.1) is 12.6 Å². The zero-order valence-corrected chi connectivity index (χ0v) is 21.9. The van der Waals surface area contributed by atoms with Crippen LogP contribution in [0.5, 0.6) is 0 Å². The zero-order valence-electron chi connectivity index (χ0n) is 20.9. The van der Waals surface area contributed by atoms with E-state index in [9.17, 15) is 0 Å². The van der Waals surface area contributed by atoms with Crippen LogP contribution < -0.4 is 21.4 Å². The lowest BCUT2D eigenvalue weighted by Crippen LogP contribution is -2.67. The zero-order chi connectivity index (χ0) is 24.7. The molecule has 0 saturated carbocycles. The lowest BCUT2D eigenvalue weighted by atomic mass is 10.1. The highest BCUT2D eigenvalue weighted by atomic mass is 28.4. The number of nitrogen functional groups attached to an aromatic ring is 1. The van der Waals surface area contributed by atoms with Gasteiger partial charge in [-0.2, -0.15) is 0 Å². The summed E-state index contributed by atoms with van der Waals surface area (Å²) >= 11 is 0. The second-order valence-corrected chi connectivity index (χ2v) is 14.3. The molecule has 3 N–H and O–H groups in total. The molecule has 0 spiro atoms. The molecule has 0 aromatic heterocycles. The normalized spacial score (nSPS) is 12.9. The molecule has 4 aromatic carbocycles. The van der Waals surface area contributed by atoms with E-state index in [-0.39, 0.29) is 11.1 Å². The molecule has 0 saturated heterocycles. The van der Waals surface area contributed by atoms with Gasteiger partial charge < -0.3 is 15.5 Å². The van der Waals surface area contributed by atoms with E-state index in [1.54, 1.807) is 0 Å². The lowest BCUT2D eigenvalue weighted by Gasteiger charge is -2.43. The summed E-state index contributed by atoms with van der Waals surface area (Å²) < 4.78 is 7.25. The van der Waals surface area contributed by atoms with Gasteiger partial charge in [-0.25, -0.2) is 0 Å². The van der Waals surface area contributed by atoms with Crippen LogP contribution in [0.4, 0.5) is 5.69 Å². The molecule has 0 heterocycles. The Balaban J connectivity index is 1.71. The van der Waals surface area contributed by atoms with Crippen molar-refractivity contribution in [3.63, 3.8) is 0 Å². The average molecular weight is 481 g/mol. The van der Waals surface area contributed by atoms with Gasteiger partial charge in [0.15, 0.2) is 0 Å². The van der Waals surface area contributed by atoms with Crippen molar-refractivity contribution >= 4 is 24.4 Å². The predicted octanol–water partition coefficient (Wildman–Crippen LogP) is 5.68. The van der Waals surface area contributed by atoms with Crippen molar-refractivity contribution in [2.45, 2.75) is 38.4 Å². The third-order valence-electron chi connectivity index (χ3n) is 6.68. The van der Waals surface area contributed by atoms with Crippen molar-refractivity contribution in [1.82, 2.24) is 5.32 Å². The molecule has 0 fully saturated rings. The Bertz CT molecular complexity index is 1150. The molecule has 1 atom stereocenters. The monoisotopic (exact) mass is 480 g/mol. The lowest BCUT2D eigenvalue weighted by molar-refractivity contribution is 0.250. The number of nitrogens with two attached hydrogens (primary N) is 1. The molecule has 35 heavy (non-hydrogen) atoms. The van der Waals surface area contributed by atoms with Crippen LogP contribution in [0.1, 0.15) is 37.9 Å². The molecule has 0 unspecified atom stereocenters. The first-order valence-electron chi connectivity index (χ1n) is 12.3. The van der Waals surface area contributed by atoms with E-state index in [0.29, 0.717) is 13.2 Å². The minimum Gasteiger partial charge on any atom is -0.405 e. The molecule has 0 radical (unpaired) electrons. The van der Waals surface area contributed by atoms with Crippen molar-refractivity contribution < 1.29 is 4.43 Å². The highest BCUT2D eigenvalue weighted by Crippen LogP contribution is 2.37. The van der Waals surface area contributed by atoms with E-state index >= 15 is 0 Å². The topological polar surface area (TPSA) is 47.3 Å². The van der Waals surface area contributed by atoms with Gasteiger partial charge in [0, 0.05) is 12.2 Å². The summed E-state index contributed by atoms with van der Waals surface area (Å²) in [5.74, 6) is 0. The molecular weight excluding hydrogens is 444 g/mol. The van der Waals surface area contributed by atoms with Crippen molar-refractivity contribution in [2.24, 2.45) is 0 Å². The number of para-hydroxylation sites is 1. The smallest absolute Gasteiger partial charge is 0.261 e. The van der Waals surface area contributed by atoms with Crippen LogP contribution in [0.3, 0.4) is 0 Å². The highest BCUT2D eigenvalue weighted by molar-refractivity contribution is 6.99. The Morgan fingerprint density at radius 2 is 1.20 bits per heavy atom. The summed E-state index contributed by atoms with van der Waals surface area (Å²) in [5, 5.41) is 6.25. The molecule has 3 nitrogen and oxygen atoms in total. The third-order valence-corrected chi connectivity index (χ3v) is 11.7. The second-order valence-electron chi connectivity index (χ2n) is 10.0. The van der Waals surface area contributed by atoms with E-state index in [1.807, 2.05) is 18.2 Å². The van der Waals surface area contributed by atoms with Crippen molar-refractivity contribution in [2.75, 3.05) is 12.3 Å². The fraction of sp³-hybridized carbons (Fsp3) is 0.226. The minimum atomic E-state index is -2.63. The molecule has 4 rings (SSSR count). The fourth-order valence-corrected chi connectivity index (χ4v) is 9.43. The van der Waals surface area contributed by atoms with Crippen molar-refractivity contribution in [1.29, 1.82) is 0 Å². The minimum absolute atomic E-state index is 0.0254. The number of rotatable bonds is 9. The van der Waals surface area contributed by atoms with Gasteiger partial charge in [0.2, 0.25) is 0 Å². The molecule has 4 heteroatoms. The highest BCUT2D eigenvalue weighted by Gasteiger charge is 2.50. The Labute approximate surface area is 211 Å². The molecule has 0 bridgehead atoms. The van der Waals surface area contributed by atoms with E-state index in [0.717, 1.165) is 11.3 Å².